The third kappa shape index (κ3) is 5.62. The highest BCUT2D eigenvalue weighted by Gasteiger charge is 2.22. The van der Waals surface area contributed by atoms with Gasteiger partial charge in [0.2, 0.25) is 0 Å². The monoisotopic (exact) mass is 317 g/mol. The van der Waals surface area contributed by atoms with Gasteiger partial charge < -0.3 is 4.90 Å². The lowest BCUT2D eigenvalue weighted by molar-refractivity contribution is 0.275. The number of hydrogen-bond donors (Lipinski definition) is 1. The third-order valence-electron chi connectivity index (χ3n) is 1.99. The first-order valence-electron chi connectivity index (χ1n) is 3.92. The molecular weight excluding hydrogens is 300 g/mol. The van der Waals surface area contributed by atoms with Crippen molar-refractivity contribution in [3.8, 4) is 0 Å². The summed E-state index contributed by atoms with van der Waals surface area (Å²) in [5.41, 5.74) is 0. The van der Waals surface area contributed by atoms with Crippen LogP contribution in [0.1, 0.15) is 13.8 Å². The Kier molecular flexibility index (Phi) is 9.41. The maximum atomic E-state index is 6.82. The molecule has 5 heteroatoms. The van der Waals surface area contributed by atoms with Crippen molar-refractivity contribution in [3.63, 3.8) is 0 Å². The largest absolute Gasteiger partial charge is 0.305 e. The molecule has 3 unspecified atom stereocenters. The fourth-order valence-electron chi connectivity index (χ4n) is 0.974. The number of aliphatic imine (C=N–C) groups is 1. The second-order valence-corrected chi connectivity index (χ2v) is 5.08. The highest BCUT2D eigenvalue weighted by Crippen LogP contribution is 2.15. The van der Waals surface area contributed by atoms with Gasteiger partial charge in [0.1, 0.15) is 0 Å². The quantitative estimate of drug-likeness (QED) is 0.482. The van der Waals surface area contributed by atoms with Gasteiger partial charge in [0.25, 0.3) is 0 Å². The molecule has 0 saturated heterocycles. The number of halogens is 2. The van der Waals surface area contributed by atoms with Crippen LogP contribution in [0.2, 0.25) is 0 Å². The zero-order valence-corrected chi connectivity index (χ0v) is 11.4. The van der Waals surface area contributed by atoms with Crippen LogP contribution in [-0.4, -0.2) is 41.0 Å². The highest BCUT2D eigenvalue weighted by atomic mass is 127. The number of nitrogens with zero attached hydrogens (tertiary/aromatic N) is 2. The Morgan fingerprint density at radius 1 is 1.38 bits per heavy atom. The SMILES string of the molecule is CC(I)C(N=C=N)C(C)N(C)C.Cl. The van der Waals surface area contributed by atoms with E-state index in [4.69, 9.17) is 5.41 Å². The standard InChI is InChI=1S/C8H16IN3.ClH/c1-6(9)8(11-5-10)7(2)12(3)4;/h6-8,10H,1-4H3;1H. The van der Waals surface area contributed by atoms with Gasteiger partial charge in [-0.15, -0.1) is 12.4 Å². The lowest BCUT2D eigenvalue weighted by atomic mass is 10.1. The summed E-state index contributed by atoms with van der Waals surface area (Å²) in [7, 11) is 4.05. The summed E-state index contributed by atoms with van der Waals surface area (Å²) in [6.45, 7) is 4.22. The first kappa shape index (κ1) is 15.8. The molecule has 0 heterocycles. The van der Waals surface area contributed by atoms with Gasteiger partial charge >= 0.3 is 0 Å². The summed E-state index contributed by atoms with van der Waals surface area (Å²) >= 11 is 2.33. The average Bonchev–Trinajstić information content (AvgIpc) is 1.98. The molecule has 0 bridgehead atoms. The van der Waals surface area contributed by atoms with Crippen LogP contribution in [0.15, 0.2) is 4.99 Å². The normalized spacial score (nSPS) is 16.8. The van der Waals surface area contributed by atoms with Crippen molar-refractivity contribution in [1.29, 1.82) is 5.41 Å². The summed E-state index contributed by atoms with van der Waals surface area (Å²) in [5, 5.41) is 6.82. The molecule has 0 aromatic carbocycles. The number of hydrogen-bond acceptors (Lipinski definition) is 3. The summed E-state index contributed by atoms with van der Waals surface area (Å²) in [5.74, 6) is 0. The molecule has 0 radical (unpaired) electrons. The van der Waals surface area contributed by atoms with E-state index in [0.717, 1.165) is 0 Å². The molecule has 0 spiro atoms. The van der Waals surface area contributed by atoms with Gasteiger partial charge in [-0.25, -0.2) is 10.4 Å². The first-order chi connectivity index (χ1) is 5.50. The van der Waals surface area contributed by atoms with Crippen LogP contribution in [0.5, 0.6) is 0 Å². The zero-order chi connectivity index (χ0) is 9.72. The minimum absolute atomic E-state index is 0. The van der Waals surface area contributed by atoms with Crippen molar-refractivity contribution in [2.45, 2.75) is 29.9 Å². The summed E-state index contributed by atoms with van der Waals surface area (Å²) < 4.78 is 0.429. The Hall–Kier alpha value is 0.360. The minimum Gasteiger partial charge on any atom is -0.305 e. The molecule has 78 valence electrons. The molecule has 0 aliphatic heterocycles. The van der Waals surface area contributed by atoms with Crippen molar-refractivity contribution in [1.82, 2.24) is 4.90 Å². The molecule has 0 aromatic rings. The summed E-state index contributed by atoms with van der Waals surface area (Å²) in [6.07, 6.45) is 0. The number of likely N-dealkylation sites (N-methyl/N-ethyl adjacent to an activating group) is 1. The van der Waals surface area contributed by atoms with Crippen LogP contribution in [0.4, 0.5) is 0 Å². The van der Waals surface area contributed by atoms with E-state index in [1.807, 2.05) is 14.1 Å². The molecule has 0 aliphatic carbocycles. The number of alkyl halides is 1. The Labute approximate surface area is 100 Å². The average molecular weight is 318 g/mol. The van der Waals surface area contributed by atoms with Crippen LogP contribution in [0.3, 0.4) is 0 Å². The van der Waals surface area contributed by atoms with Gasteiger partial charge in [-0.3, -0.25) is 0 Å². The zero-order valence-electron chi connectivity index (χ0n) is 8.41. The predicted molar refractivity (Wildman–Crippen MR) is 67.8 cm³/mol. The minimum atomic E-state index is 0. The topological polar surface area (TPSA) is 39.5 Å². The molecule has 0 aliphatic rings. The van der Waals surface area contributed by atoms with Gasteiger partial charge in [-0.2, -0.15) is 0 Å². The van der Waals surface area contributed by atoms with Crippen molar-refractivity contribution < 1.29 is 0 Å². The molecular formula is C8H17ClIN3. The van der Waals surface area contributed by atoms with Crippen LogP contribution in [-0.2, 0) is 0 Å². The Morgan fingerprint density at radius 3 is 2.08 bits per heavy atom. The van der Waals surface area contributed by atoms with Gasteiger partial charge in [0, 0.05) is 9.97 Å². The van der Waals surface area contributed by atoms with E-state index in [2.05, 4.69) is 52.3 Å². The van der Waals surface area contributed by atoms with Crippen molar-refractivity contribution in [2.75, 3.05) is 14.1 Å². The third-order valence-corrected chi connectivity index (χ3v) is 2.73. The van der Waals surface area contributed by atoms with Crippen LogP contribution in [0, 0.1) is 5.41 Å². The smallest absolute Gasteiger partial charge is 0.0875 e. The molecule has 0 fully saturated rings. The van der Waals surface area contributed by atoms with Crippen molar-refractivity contribution in [2.24, 2.45) is 4.99 Å². The van der Waals surface area contributed by atoms with Crippen molar-refractivity contribution in [3.05, 3.63) is 0 Å². The van der Waals surface area contributed by atoms with Crippen LogP contribution in [0.25, 0.3) is 0 Å². The van der Waals surface area contributed by atoms with Crippen LogP contribution >= 0.6 is 35.0 Å². The fraction of sp³-hybridized carbons (Fsp3) is 0.875. The van der Waals surface area contributed by atoms with E-state index in [-0.39, 0.29) is 18.4 Å². The summed E-state index contributed by atoms with van der Waals surface area (Å²) in [4.78, 5) is 6.12. The second kappa shape index (κ2) is 7.74. The molecule has 1 N–H and O–H groups in total. The molecule has 0 amide bonds. The molecule has 3 nitrogen and oxygen atoms in total. The molecule has 0 aromatic heterocycles. The lowest BCUT2D eigenvalue weighted by Crippen LogP contribution is -2.39. The number of nitrogens with one attached hydrogen (secondary N) is 1. The van der Waals surface area contributed by atoms with Gasteiger partial charge in [-0.05, 0) is 21.0 Å². The van der Waals surface area contributed by atoms with E-state index in [0.29, 0.717) is 9.97 Å². The highest BCUT2D eigenvalue weighted by molar-refractivity contribution is 14.1. The lowest BCUT2D eigenvalue weighted by Gasteiger charge is -2.27. The first-order valence-corrected chi connectivity index (χ1v) is 5.17. The molecule has 13 heavy (non-hydrogen) atoms. The molecule has 3 atom stereocenters. The van der Waals surface area contributed by atoms with E-state index >= 15 is 0 Å². The van der Waals surface area contributed by atoms with Crippen LogP contribution < -0.4 is 0 Å². The molecule has 0 rings (SSSR count). The summed E-state index contributed by atoms with van der Waals surface area (Å²) in [6, 6.07) is 2.65. The van der Waals surface area contributed by atoms with Gasteiger partial charge in [0.15, 0.2) is 0 Å². The predicted octanol–water partition coefficient (Wildman–Crippen LogP) is 2.30. The maximum Gasteiger partial charge on any atom is 0.0875 e. The Morgan fingerprint density at radius 2 is 1.85 bits per heavy atom. The second-order valence-electron chi connectivity index (χ2n) is 3.11. The van der Waals surface area contributed by atoms with E-state index < -0.39 is 0 Å². The number of rotatable bonds is 4. The maximum absolute atomic E-state index is 6.82. The van der Waals surface area contributed by atoms with E-state index in [1.54, 1.807) is 0 Å². The van der Waals surface area contributed by atoms with E-state index in [9.17, 15) is 0 Å². The van der Waals surface area contributed by atoms with E-state index in [1.165, 1.54) is 0 Å². The fourth-order valence-corrected chi connectivity index (χ4v) is 1.74. The Bertz CT molecular complexity index is 178. The molecule has 0 saturated carbocycles. The Balaban J connectivity index is 0. The van der Waals surface area contributed by atoms with Crippen molar-refractivity contribution >= 4 is 41.0 Å². The van der Waals surface area contributed by atoms with Gasteiger partial charge in [-0.1, -0.05) is 29.5 Å². The van der Waals surface area contributed by atoms with Gasteiger partial charge in [0.05, 0.1) is 12.1 Å².